The zero-order chi connectivity index (χ0) is 13.5. The molecule has 1 fully saturated rings. The Morgan fingerprint density at radius 3 is 3.12 bits per heavy atom. The highest BCUT2D eigenvalue weighted by atomic mass is 31.2. The highest BCUT2D eigenvalue weighted by Gasteiger charge is 2.38. The fourth-order valence-electron chi connectivity index (χ4n) is 1.54. The summed E-state index contributed by atoms with van der Waals surface area (Å²) in [6, 6.07) is 1.96. The molecule has 1 heterocycles. The Morgan fingerprint density at radius 1 is 1.71 bits per heavy atom. The van der Waals surface area contributed by atoms with E-state index in [2.05, 4.69) is 0 Å². The summed E-state index contributed by atoms with van der Waals surface area (Å²) in [6.45, 7) is 4.06. The van der Waals surface area contributed by atoms with E-state index >= 15 is 0 Å². The summed E-state index contributed by atoms with van der Waals surface area (Å²) < 4.78 is 37.6. The van der Waals surface area contributed by atoms with Crippen molar-refractivity contribution in [1.82, 2.24) is 0 Å². The van der Waals surface area contributed by atoms with Crippen molar-refractivity contribution in [1.29, 1.82) is 5.26 Å². The summed E-state index contributed by atoms with van der Waals surface area (Å²) in [5.74, 6) is -0.236. The van der Waals surface area contributed by atoms with E-state index in [-0.39, 0.29) is 25.8 Å². The molecule has 0 saturated carbocycles. The summed E-state index contributed by atoms with van der Waals surface area (Å²) in [6.07, 6.45) is -2.14. The van der Waals surface area contributed by atoms with Crippen molar-refractivity contribution < 1.29 is 19.5 Å². The zero-order valence-electron chi connectivity index (χ0n) is 11.1. The average molecular weight is 264 g/mol. The van der Waals surface area contributed by atoms with Crippen molar-refractivity contribution in [2.45, 2.75) is 38.6 Å². The largest absolute Gasteiger partial charge is 0.375 e. The lowest BCUT2D eigenvalue weighted by Gasteiger charge is -2.36. The summed E-state index contributed by atoms with van der Waals surface area (Å²) >= 11 is 0. The van der Waals surface area contributed by atoms with Gasteiger partial charge in [-0.15, -0.1) is 0 Å². The average Bonchev–Trinajstić information content (AvgIpc) is 2.36. The molecule has 17 heavy (non-hydrogen) atoms. The third kappa shape index (κ3) is 4.48. The second-order valence-electron chi connectivity index (χ2n) is 4.04. The molecule has 0 N–H and O–H groups in total. The minimum atomic E-state index is -1.25. The summed E-state index contributed by atoms with van der Waals surface area (Å²) in [5, 5.41) is 8.39. The van der Waals surface area contributed by atoms with Crippen LogP contribution in [0.4, 0.5) is 4.39 Å². The second-order valence-corrected chi connectivity index (χ2v) is 5.39. The zero-order valence-corrected chi connectivity index (χ0v) is 11.0. The standard InChI is InChI=1S/C11H19FNO3P/c1-8-7-14-9(2)11(10(8)12)16-17(3)15-6-4-5-13/h8-11H,4,6-7H2,1-3H3/t8-,9-,10-,11?,17?/m1/s1/i2D. The molecule has 1 aliphatic heterocycles. The monoisotopic (exact) mass is 264 g/mol. The molecule has 5 atom stereocenters. The number of nitrogens with zero attached hydrogens (tertiary/aromatic N) is 1. The van der Waals surface area contributed by atoms with Gasteiger partial charge in [0.05, 0.1) is 31.8 Å². The summed E-state index contributed by atoms with van der Waals surface area (Å²) in [7, 11) is -1.25. The van der Waals surface area contributed by atoms with Gasteiger partial charge in [-0.3, -0.25) is 0 Å². The van der Waals surface area contributed by atoms with Crippen LogP contribution < -0.4 is 0 Å². The van der Waals surface area contributed by atoms with Crippen molar-refractivity contribution in [2.75, 3.05) is 19.9 Å². The third-order valence-corrected chi connectivity index (χ3v) is 3.64. The number of nitriles is 1. The molecular weight excluding hydrogens is 244 g/mol. The van der Waals surface area contributed by atoms with Crippen LogP contribution >= 0.6 is 8.38 Å². The molecule has 0 radical (unpaired) electrons. The number of rotatable bonds is 5. The normalized spacial score (nSPS) is 36.0. The first-order valence-electron chi connectivity index (χ1n) is 6.26. The van der Waals surface area contributed by atoms with Crippen LogP contribution in [0.5, 0.6) is 0 Å². The minimum Gasteiger partial charge on any atom is -0.375 e. The van der Waals surface area contributed by atoms with Crippen LogP contribution in [0.1, 0.15) is 21.6 Å². The summed E-state index contributed by atoms with van der Waals surface area (Å²) in [5.41, 5.74) is 0. The molecule has 1 saturated heterocycles. The first-order chi connectivity index (χ1) is 8.60. The van der Waals surface area contributed by atoms with Crippen molar-refractivity contribution in [2.24, 2.45) is 5.92 Å². The van der Waals surface area contributed by atoms with Gasteiger partial charge in [-0.25, -0.2) is 4.39 Å². The van der Waals surface area contributed by atoms with Gasteiger partial charge in [-0.1, -0.05) is 6.92 Å². The van der Waals surface area contributed by atoms with Gasteiger partial charge in [0.15, 0.2) is 8.38 Å². The highest BCUT2D eigenvalue weighted by molar-refractivity contribution is 7.46. The van der Waals surface area contributed by atoms with Crippen molar-refractivity contribution in [3.63, 3.8) is 0 Å². The van der Waals surface area contributed by atoms with Gasteiger partial charge in [0.25, 0.3) is 0 Å². The van der Waals surface area contributed by atoms with Gasteiger partial charge in [-0.05, 0) is 6.90 Å². The lowest BCUT2D eigenvalue weighted by molar-refractivity contribution is -0.118. The number of halogens is 1. The summed E-state index contributed by atoms with van der Waals surface area (Å²) in [4.78, 5) is 0. The van der Waals surface area contributed by atoms with Crippen molar-refractivity contribution >= 4 is 8.38 Å². The molecule has 98 valence electrons. The molecule has 0 aromatic carbocycles. The van der Waals surface area contributed by atoms with Crippen LogP contribution in [-0.2, 0) is 13.8 Å². The molecular formula is C11H19FNO3P. The van der Waals surface area contributed by atoms with Crippen LogP contribution in [0.25, 0.3) is 0 Å². The molecule has 0 aliphatic carbocycles. The van der Waals surface area contributed by atoms with Crippen molar-refractivity contribution in [3.05, 3.63) is 0 Å². The highest BCUT2D eigenvalue weighted by Crippen LogP contribution is 2.39. The lowest BCUT2D eigenvalue weighted by Crippen LogP contribution is -2.46. The third-order valence-electron chi connectivity index (χ3n) is 2.55. The first-order valence-corrected chi connectivity index (χ1v) is 7.18. The number of ether oxygens (including phenoxy) is 1. The fraction of sp³-hybridized carbons (Fsp3) is 0.909. The van der Waals surface area contributed by atoms with E-state index in [9.17, 15) is 4.39 Å². The van der Waals surface area contributed by atoms with E-state index in [0.717, 1.165) is 0 Å². The minimum absolute atomic E-state index is 0.0286. The van der Waals surface area contributed by atoms with Crippen LogP contribution in [0.2, 0.25) is 0 Å². The number of hydrogen-bond acceptors (Lipinski definition) is 4. The predicted molar refractivity (Wildman–Crippen MR) is 63.4 cm³/mol. The topological polar surface area (TPSA) is 51.5 Å². The Balaban J connectivity index is 2.47. The molecule has 4 nitrogen and oxygen atoms in total. The van der Waals surface area contributed by atoms with E-state index < -0.39 is 26.8 Å². The lowest BCUT2D eigenvalue weighted by atomic mass is 9.96. The predicted octanol–water partition coefficient (Wildman–Crippen LogP) is 2.64. The van der Waals surface area contributed by atoms with Gasteiger partial charge in [0, 0.05) is 14.0 Å². The van der Waals surface area contributed by atoms with Gasteiger partial charge in [-0.2, -0.15) is 5.26 Å². The Bertz CT molecular complexity index is 290. The molecule has 2 unspecified atom stereocenters. The number of alkyl halides is 1. The molecule has 6 heteroatoms. The Morgan fingerprint density at radius 2 is 2.47 bits per heavy atom. The molecule has 0 aromatic heterocycles. The van der Waals surface area contributed by atoms with Crippen molar-refractivity contribution in [3.8, 4) is 6.07 Å². The second kappa shape index (κ2) is 7.23. The van der Waals surface area contributed by atoms with Gasteiger partial charge >= 0.3 is 0 Å². The molecule has 1 rings (SSSR count). The maximum atomic E-state index is 14.0. The first kappa shape index (κ1) is 13.2. The van der Waals surface area contributed by atoms with E-state index in [1.807, 2.05) is 6.07 Å². The molecule has 0 aromatic rings. The van der Waals surface area contributed by atoms with Crippen LogP contribution in [0.15, 0.2) is 0 Å². The van der Waals surface area contributed by atoms with Crippen LogP contribution in [0.3, 0.4) is 0 Å². The molecule has 0 spiro atoms. The molecule has 0 amide bonds. The maximum Gasteiger partial charge on any atom is 0.167 e. The Kier molecular flexibility index (Phi) is 5.60. The molecule has 1 aliphatic rings. The van der Waals surface area contributed by atoms with Crippen LogP contribution in [-0.4, -0.2) is 38.3 Å². The fourth-order valence-corrected chi connectivity index (χ4v) is 2.54. The van der Waals surface area contributed by atoms with Crippen LogP contribution in [0, 0.1) is 17.2 Å². The Hall–Kier alpha value is -0.270. The van der Waals surface area contributed by atoms with E-state index in [0.29, 0.717) is 6.61 Å². The van der Waals surface area contributed by atoms with E-state index in [1.165, 1.54) is 0 Å². The molecule has 0 bridgehead atoms. The van der Waals surface area contributed by atoms with Gasteiger partial charge in [0.2, 0.25) is 0 Å². The Labute approximate surface area is 104 Å². The SMILES string of the molecule is [2H]C[C@H]1OC[C@@H](C)[C@@H](F)C1OP(C)OCCC#N. The van der Waals surface area contributed by atoms with Gasteiger partial charge < -0.3 is 13.8 Å². The van der Waals surface area contributed by atoms with Gasteiger partial charge in [0.1, 0.15) is 12.3 Å². The maximum absolute atomic E-state index is 14.0. The quantitative estimate of drug-likeness (QED) is 0.566. The van der Waals surface area contributed by atoms with E-state index in [4.69, 9.17) is 20.4 Å². The van der Waals surface area contributed by atoms with E-state index in [1.54, 1.807) is 13.6 Å². The number of hydrogen-bond donors (Lipinski definition) is 0. The smallest absolute Gasteiger partial charge is 0.167 e.